The van der Waals surface area contributed by atoms with Gasteiger partial charge in [0.15, 0.2) is 0 Å². The fourth-order valence-corrected chi connectivity index (χ4v) is 2.53. The highest BCUT2D eigenvalue weighted by Gasteiger charge is 2.25. The molecule has 0 saturated carbocycles. The van der Waals surface area contributed by atoms with Crippen molar-refractivity contribution in [3.05, 3.63) is 0 Å². The van der Waals surface area contributed by atoms with Gasteiger partial charge in [-0.15, -0.1) is 0 Å². The van der Waals surface area contributed by atoms with Crippen molar-refractivity contribution in [1.29, 1.82) is 5.26 Å². The number of carbonyl (C=O) groups excluding carboxylic acids is 1. The molecule has 0 aromatic heterocycles. The minimum Gasteiger partial charge on any atom is -0.395 e. The van der Waals surface area contributed by atoms with Gasteiger partial charge in [-0.1, -0.05) is 6.42 Å². The first-order valence-corrected chi connectivity index (χ1v) is 7.14. The van der Waals surface area contributed by atoms with Crippen LogP contribution >= 0.6 is 0 Å². The summed E-state index contributed by atoms with van der Waals surface area (Å²) in [5.74, 6) is -0.0798. The summed E-state index contributed by atoms with van der Waals surface area (Å²) in [6.45, 7) is 6.23. The standard InChI is InChI=1S/C14H25N3O2/c1-3-16(9-12(2)8-15)14(19)10-17-7-5-4-6-13(17)11-18/h12-13,18H,3-7,9-11H2,1-2H3. The van der Waals surface area contributed by atoms with E-state index in [1.54, 1.807) is 4.90 Å². The van der Waals surface area contributed by atoms with E-state index in [1.165, 1.54) is 0 Å². The van der Waals surface area contributed by atoms with Gasteiger partial charge in [-0.3, -0.25) is 9.69 Å². The Hall–Kier alpha value is -1.12. The van der Waals surface area contributed by atoms with E-state index in [2.05, 4.69) is 11.0 Å². The largest absolute Gasteiger partial charge is 0.395 e. The van der Waals surface area contributed by atoms with Crippen LogP contribution in [0.3, 0.4) is 0 Å². The molecule has 1 heterocycles. The number of aliphatic hydroxyl groups is 1. The molecule has 0 aromatic rings. The highest BCUT2D eigenvalue weighted by atomic mass is 16.3. The van der Waals surface area contributed by atoms with E-state index in [4.69, 9.17) is 5.26 Å². The summed E-state index contributed by atoms with van der Waals surface area (Å²) < 4.78 is 0. The molecule has 1 fully saturated rings. The summed E-state index contributed by atoms with van der Waals surface area (Å²) in [7, 11) is 0. The van der Waals surface area contributed by atoms with Crippen LogP contribution in [0.1, 0.15) is 33.1 Å². The summed E-state index contributed by atoms with van der Waals surface area (Å²) in [5, 5.41) is 18.2. The Kier molecular flexibility index (Phi) is 6.82. The van der Waals surface area contributed by atoms with Crippen LogP contribution in [0.25, 0.3) is 0 Å². The van der Waals surface area contributed by atoms with E-state index < -0.39 is 0 Å². The van der Waals surface area contributed by atoms with Crippen molar-refractivity contribution in [3.8, 4) is 6.07 Å². The Balaban J connectivity index is 2.53. The normalized spacial score (nSPS) is 21.7. The van der Waals surface area contributed by atoms with Gasteiger partial charge in [-0.05, 0) is 33.2 Å². The molecule has 108 valence electrons. The number of likely N-dealkylation sites (tertiary alicyclic amines) is 1. The first-order valence-electron chi connectivity index (χ1n) is 7.14. The van der Waals surface area contributed by atoms with E-state index in [0.717, 1.165) is 25.8 Å². The van der Waals surface area contributed by atoms with Crippen LogP contribution in [0.15, 0.2) is 0 Å². The van der Waals surface area contributed by atoms with E-state index in [1.807, 2.05) is 13.8 Å². The first kappa shape index (κ1) is 15.9. The molecule has 2 unspecified atom stereocenters. The predicted molar refractivity (Wildman–Crippen MR) is 73.3 cm³/mol. The molecule has 0 aromatic carbocycles. The number of rotatable bonds is 6. The number of hydrogen-bond donors (Lipinski definition) is 1. The second kappa shape index (κ2) is 8.13. The summed E-state index contributed by atoms with van der Waals surface area (Å²) in [6.07, 6.45) is 3.17. The van der Waals surface area contributed by atoms with Crippen molar-refractivity contribution in [2.75, 3.05) is 32.8 Å². The highest BCUT2D eigenvalue weighted by molar-refractivity contribution is 5.78. The molecule has 1 amide bonds. The molecular formula is C14H25N3O2. The zero-order valence-electron chi connectivity index (χ0n) is 12.0. The summed E-state index contributed by atoms with van der Waals surface area (Å²) >= 11 is 0. The van der Waals surface area contributed by atoms with Gasteiger partial charge >= 0.3 is 0 Å². The first-order chi connectivity index (χ1) is 9.12. The fraction of sp³-hybridized carbons (Fsp3) is 0.857. The van der Waals surface area contributed by atoms with Gasteiger partial charge in [0.1, 0.15) is 0 Å². The van der Waals surface area contributed by atoms with Crippen molar-refractivity contribution < 1.29 is 9.90 Å². The number of nitrogens with zero attached hydrogens (tertiary/aromatic N) is 3. The maximum absolute atomic E-state index is 12.2. The number of carbonyl (C=O) groups is 1. The zero-order valence-corrected chi connectivity index (χ0v) is 12.0. The number of amides is 1. The lowest BCUT2D eigenvalue weighted by Gasteiger charge is -2.35. The van der Waals surface area contributed by atoms with Crippen molar-refractivity contribution in [1.82, 2.24) is 9.80 Å². The molecule has 0 spiro atoms. The van der Waals surface area contributed by atoms with Gasteiger partial charge in [-0.2, -0.15) is 5.26 Å². The third-order valence-electron chi connectivity index (χ3n) is 3.75. The lowest BCUT2D eigenvalue weighted by Crippen LogP contribution is -2.48. The Labute approximate surface area is 115 Å². The molecule has 2 atom stereocenters. The number of hydrogen-bond acceptors (Lipinski definition) is 4. The van der Waals surface area contributed by atoms with E-state index in [-0.39, 0.29) is 24.5 Å². The Morgan fingerprint density at radius 3 is 2.89 bits per heavy atom. The van der Waals surface area contributed by atoms with Gasteiger partial charge in [0.05, 0.1) is 25.1 Å². The topological polar surface area (TPSA) is 67.6 Å². The molecule has 5 heteroatoms. The molecule has 1 aliphatic heterocycles. The molecule has 1 rings (SSSR count). The van der Waals surface area contributed by atoms with Crippen molar-refractivity contribution >= 4 is 5.91 Å². The molecule has 0 aliphatic carbocycles. The molecule has 1 saturated heterocycles. The van der Waals surface area contributed by atoms with Crippen LogP contribution in [0, 0.1) is 17.2 Å². The second-order valence-corrected chi connectivity index (χ2v) is 5.27. The van der Waals surface area contributed by atoms with Crippen LogP contribution in [0.2, 0.25) is 0 Å². The number of piperidine rings is 1. The smallest absolute Gasteiger partial charge is 0.236 e. The predicted octanol–water partition coefficient (Wildman–Crippen LogP) is 0.841. The van der Waals surface area contributed by atoms with Crippen LogP contribution in [0.4, 0.5) is 0 Å². The Morgan fingerprint density at radius 2 is 2.32 bits per heavy atom. The minimum absolute atomic E-state index is 0.0601. The molecule has 1 aliphatic rings. The lowest BCUT2D eigenvalue weighted by atomic mass is 10.0. The number of likely N-dealkylation sites (N-methyl/N-ethyl adjacent to an activating group) is 1. The average Bonchev–Trinajstić information content (AvgIpc) is 2.44. The van der Waals surface area contributed by atoms with Gasteiger partial charge < -0.3 is 10.0 Å². The van der Waals surface area contributed by atoms with Crippen molar-refractivity contribution in [3.63, 3.8) is 0 Å². The molecule has 5 nitrogen and oxygen atoms in total. The monoisotopic (exact) mass is 267 g/mol. The van der Waals surface area contributed by atoms with Crippen LogP contribution < -0.4 is 0 Å². The fourth-order valence-electron chi connectivity index (χ4n) is 2.53. The van der Waals surface area contributed by atoms with Gasteiger partial charge in [0.25, 0.3) is 0 Å². The molecule has 19 heavy (non-hydrogen) atoms. The van der Waals surface area contributed by atoms with Gasteiger partial charge in [0, 0.05) is 19.1 Å². The number of nitriles is 1. The summed E-state index contributed by atoms with van der Waals surface area (Å²) in [6, 6.07) is 2.28. The Morgan fingerprint density at radius 1 is 1.58 bits per heavy atom. The van der Waals surface area contributed by atoms with E-state index >= 15 is 0 Å². The molecular weight excluding hydrogens is 242 g/mol. The quantitative estimate of drug-likeness (QED) is 0.774. The summed E-state index contributed by atoms with van der Waals surface area (Å²) in [5.41, 5.74) is 0. The Bertz CT molecular complexity index is 327. The number of aliphatic hydroxyl groups excluding tert-OH is 1. The van der Waals surface area contributed by atoms with Gasteiger partial charge in [-0.25, -0.2) is 0 Å². The zero-order chi connectivity index (χ0) is 14.3. The van der Waals surface area contributed by atoms with Crippen LogP contribution in [-0.4, -0.2) is 59.6 Å². The van der Waals surface area contributed by atoms with Crippen LogP contribution in [0.5, 0.6) is 0 Å². The van der Waals surface area contributed by atoms with Crippen molar-refractivity contribution in [2.45, 2.75) is 39.2 Å². The average molecular weight is 267 g/mol. The van der Waals surface area contributed by atoms with Crippen molar-refractivity contribution in [2.24, 2.45) is 5.92 Å². The van der Waals surface area contributed by atoms with E-state index in [0.29, 0.717) is 19.6 Å². The third kappa shape index (κ3) is 4.81. The molecule has 0 bridgehead atoms. The SMILES string of the molecule is CCN(CC(C)C#N)C(=O)CN1CCCCC1CO. The maximum atomic E-state index is 12.2. The maximum Gasteiger partial charge on any atom is 0.236 e. The molecule has 0 radical (unpaired) electrons. The molecule has 1 N–H and O–H groups in total. The van der Waals surface area contributed by atoms with Crippen LogP contribution in [-0.2, 0) is 4.79 Å². The minimum atomic E-state index is -0.140. The second-order valence-electron chi connectivity index (χ2n) is 5.27. The van der Waals surface area contributed by atoms with E-state index in [9.17, 15) is 9.90 Å². The summed E-state index contributed by atoms with van der Waals surface area (Å²) in [4.78, 5) is 16.1. The third-order valence-corrected chi connectivity index (χ3v) is 3.75. The lowest BCUT2D eigenvalue weighted by molar-refractivity contribution is -0.133. The van der Waals surface area contributed by atoms with Gasteiger partial charge in [0.2, 0.25) is 5.91 Å². The highest BCUT2D eigenvalue weighted by Crippen LogP contribution is 2.16.